The van der Waals surface area contributed by atoms with Crippen LogP contribution in [0.3, 0.4) is 0 Å². The Morgan fingerprint density at radius 3 is 3.05 bits per heavy atom. The van der Waals surface area contributed by atoms with Crippen molar-refractivity contribution in [3.63, 3.8) is 0 Å². The van der Waals surface area contributed by atoms with E-state index in [0.29, 0.717) is 0 Å². The van der Waals surface area contributed by atoms with Crippen LogP contribution in [-0.2, 0) is 17.0 Å². The summed E-state index contributed by atoms with van der Waals surface area (Å²) in [5.41, 5.74) is 2.09. The molecule has 0 bridgehead atoms. The van der Waals surface area contributed by atoms with Crippen LogP contribution < -0.4 is 0 Å². The van der Waals surface area contributed by atoms with Crippen LogP contribution in [0.5, 0.6) is 0 Å². The van der Waals surface area contributed by atoms with E-state index >= 15 is 0 Å². The first-order chi connectivity index (χ1) is 10.1. The molecule has 1 heterocycles. The fraction of sp³-hybridized carbons (Fsp3) is 0.375. The molecular weight excluding hydrogens is 302 g/mol. The van der Waals surface area contributed by atoms with Gasteiger partial charge in [-0.3, -0.25) is 4.79 Å². The fourth-order valence-electron chi connectivity index (χ4n) is 2.63. The van der Waals surface area contributed by atoms with Crippen LogP contribution in [0.15, 0.2) is 29.2 Å². The van der Waals surface area contributed by atoms with Gasteiger partial charge in [0, 0.05) is 9.77 Å². The molecule has 110 valence electrons. The standard InChI is InChI=1S/C16H17NO2S2/c1-10-5-2-3-7-12(10)20-9-14-17-15-11(16(18)19)6-4-8-13(15)21-14/h2-3,5,7,11H,4,6,8-9H2,1H3,(H,18,19). The normalized spacial score (nSPS) is 17.5. The highest BCUT2D eigenvalue weighted by Gasteiger charge is 2.29. The van der Waals surface area contributed by atoms with Gasteiger partial charge in [-0.2, -0.15) is 0 Å². The molecule has 3 rings (SSSR count). The summed E-state index contributed by atoms with van der Waals surface area (Å²) < 4.78 is 0. The third-order valence-corrected chi connectivity index (χ3v) is 6.24. The molecule has 2 aromatic rings. The van der Waals surface area contributed by atoms with Gasteiger partial charge in [0.05, 0.1) is 17.4 Å². The van der Waals surface area contributed by atoms with Crippen LogP contribution in [-0.4, -0.2) is 16.1 Å². The molecule has 0 aliphatic heterocycles. The molecule has 1 aliphatic rings. The van der Waals surface area contributed by atoms with Gasteiger partial charge >= 0.3 is 5.97 Å². The molecule has 1 N–H and O–H groups in total. The van der Waals surface area contributed by atoms with E-state index in [-0.39, 0.29) is 0 Å². The van der Waals surface area contributed by atoms with Crippen LogP contribution >= 0.6 is 23.1 Å². The Kier molecular flexibility index (Phi) is 4.31. The number of aromatic nitrogens is 1. The van der Waals surface area contributed by atoms with E-state index in [9.17, 15) is 9.90 Å². The number of carbonyl (C=O) groups is 1. The Labute approximate surface area is 132 Å². The SMILES string of the molecule is Cc1ccccc1SCc1nc2c(s1)CCCC2C(=O)O. The van der Waals surface area contributed by atoms with Crippen LogP contribution in [0.1, 0.15) is 39.9 Å². The summed E-state index contributed by atoms with van der Waals surface area (Å²) in [4.78, 5) is 18.4. The highest BCUT2D eigenvalue weighted by Crippen LogP contribution is 2.37. The topological polar surface area (TPSA) is 50.2 Å². The number of rotatable bonds is 4. The molecule has 3 nitrogen and oxygen atoms in total. The average Bonchev–Trinajstić information content (AvgIpc) is 2.88. The van der Waals surface area contributed by atoms with Crippen molar-refractivity contribution in [2.45, 2.75) is 42.8 Å². The maximum absolute atomic E-state index is 11.3. The number of carboxylic acid groups (broad SMARTS) is 1. The summed E-state index contributed by atoms with van der Waals surface area (Å²) in [6, 6.07) is 8.31. The van der Waals surface area contributed by atoms with Crippen molar-refractivity contribution in [1.82, 2.24) is 4.98 Å². The number of carboxylic acids is 1. The van der Waals surface area contributed by atoms with E-state index in [1.54, 1.807) is 23.1 Å². The number of benzene rings is 1. The molecule has 0 saturated carbocycles. The predicted molar refractivity (Wildman–Crippen MR) is 86.2 cm³/mol. The van der Waals surface area contributed by atoms with Gasteiger partial charge in [-0.15, -0.1) is 23.1 Å². The lowest BCUT2D eigenvalue weighted by Gasteiger charge is -2.16. The van der Waals surface area contributed by atoms with Crippen LogP contribution in [0.4, 0.5) is 0 Å². The van der Waals surface area contributed by atoms with Crippen molar-refractivity contribution >= 4 is 29.1 Å². The number of hydrogen-bond acceptors (Lipinski definition) is 4. The average molecular weight is 319 g/mol. The Bertz CT molecular complexity index is 666. The zero-order valence-corrected chi connectivity index (χ0v) is 13.5. The largest absolute Gasteiger partial charge is 0.481 e. The molecule has 0 spiro atoms. The summed E-state index contributed by atoms with van der Waals surface area (Å²) in [7, 11) is 0. The summed E-state index contributed by atoms with van der Waals surface area (Å²) in [6.07, 6.45) is 2.65. The van der Waals surface area contributed by atoms with Gasteiger partial charge in [0.15, 0.2) is 0 Å². The van der Waals surface area contributed by atoms with Crippen LogP contribution in [0, 0.1) is 6.92 Å². The molecule has 0 radical (unpaired) electrons. The van der Waals surface area contributed by atoms with Gasteiger partial charge in [-0.1, -0.05) is 18.2 Å². The quantitative estimate of drug-likeness (QED) is 0.856. The number of aryl methyl sites for hydroxylation is 2. The molecule has 1 aromatic carbocycles. The maximum atomic E-state index is 11.3. The Morgan fingerprint density at radius 1 is 1.48 bits per heavy atom. The second-order valence-corrected chi connectivity index (χ2v) is 7.44. The van der Waals surface area contributed by atoms with Crippen molar-refractivity contribution < 1.29 is 9.90 Å². The first-order valence-electron chi connectivity index (χ1n) is 7.05. The number of hydrogen-bond donors (Lipinski definition) is 1. The smallest absolute Gasteiger partial charge is 0.312 e. The van der Waals surface area contributed by atoms with Gasteiger partial charge in [0.2, 0.25) is 0 Å². The Hall–Kier alpha value is -1.33. The summed E-state index contributed by atoms with van der Waals surface area (Å²) in [5, 5.41) is 10.3. The highest BCUT2D eigenvalue weighted by atomic mass is 32.2. The molecule has 1 atom stereocenters. The first kappa shape index (κ1) is 14.6. The van der Waals surface area contributed by atoms with E-state index < -0.39 is 11.9 Å². The summed E-state index contributed by atoms with van der Waals surface area (Å²) >= 11 is 3.46. The number of fused-ring (bicyclic) bond motifs is 1. The molecule has 0 saturated heterocycles. The van der Waals surface area contributed by atoms with Crippen LogP contribution in [0.2, 0.25) is 0 Å². The van der Waals surface area contributed by atoms with Crippen molar-refractivity contribution in [3.8, 4) is 0 Å². The Balaban J connectivity index is 1.76. The Morgan fingerprint density at radius 2 is 2.29 bits per heavy atom. The number of thioether (sulfide) groups is 1. The summed E-state index contributed by atoms with van der Waals surface area (Å²) in [5.74, 6) is -0.323. The molecule has 0 amide bonds. The lowest BCUT2D eigenvalue weighted by molar-refractivity contribution is -0.139. The monoisotopic (exact) mass is 319 g/mol. The fourth-order valence-corrected chi connectivity index (χ4v) is 4.82. The number of nitrogens with zero attached hydrogens (tertiary/aromatic N) is 1. The maximum Gasteiger partial charge on any atom is 0.312 e. The minimum absolute atomic E-state index is 0.401. The van der Waals surface area contributed by atoms with Gasteiger partial charge in [0.1, 0.15) is 5.01 Å². The molecular formula is C16H17NO2S2. The van der Waals surface area contributed by atoms with Crippen molar-refractivity contribution in [3.05, 3.63) is 45.4 Å². The zero-order valence-electron chi connectivity index (χ0n) is 11.8. The molecule has 0 fully saturated rings. The second-order valence-electron chi connectivity index (χ2n) is 5.25. The molecule has 1 unspecified atom stereocenters. The third kappa shape index (κ3) is 3.14. The number of aliphatic carboxylic acids is 1. The van der Waals surface area contributed by atoms with Gasteiger partial charge in [0.25, 0.3) is 0 Å². The minimum atomic E-state index is -0.737. The molecule has 21 heavy (non-hydrogen) atoms. The lowest BCUT2D eigenvalue weighted by atomic mass is 9.91. The summed E-state index contributed by atoms with van der Waals surface area (Å²) in [6.45, 7) is 2.11. The van der Waals surface area contributed by atoms with Crippen LogP contribution in [0.25, 0.3) is 0 Å². The third-order valence-electron chi connectivity index (χ3n) is 3.74. The molecule has 5 heteroatoms. The first-order valence-corrected chi connectivity index (χ1v) is 8.85. The van der Waals surface area contributed by atoms with Gasteiger partial charge < -0.3 is 5.11 Å². The van der Waals surface area contributed by atoms with Gasteiger partial charge in [-0.05, 0) is 37.8 Å². The highest BCUT2D eigenvalue weighted by molar-refractivity contribution is 7.98. The zero-order chi connectivity index (χ0) is 14.8. The van der Waals surface area contributed by atoms with Crippen molar-refractivity contribution in [2.24, 2.45) is 0 Å². The molecule has 1 aromatic heterocycles. The van der Waals surface area contributed by atoms with E-state index in [0.717, 1.165) is 35.7 Å². The minimum Gasteiger partial charge on any atom is -0.481 e. The molecule has 1 aliphatic carbocycles. The van der Waals surface area contributed by atoms with Crippen molar-refractivity contribution in [1.29, 1.82) is 0 Å². The van der Waals surface area contributed by atoms with E-state index in [4.69, 9.17) is 0 Å². The van der Waals surface area contributed by atoms with E-state index in [1.165, 1.54) is 15.3 Å². The lowest BCUT2D eigenvalue weighted by Crippen LogP contribution is -2.17. The number of thiazole rings is 1. The predicted octanol–water partition coefficient (Wildman–Crippen LogP) is 4.25. The van der Waals surface area contributed by atoms with E-state index in [1.807, 2.05) is 12.1 Å². The van der Waals surface area contributed by atoms with Gasteiger partial charge in [-0.25, -0.2) is 4.98 Å². The second kappa shape index (κ2) is 6.20. The van der Waals surface area contributed by atoms with Crippen molar-refractivity contribution in [2.75, 3.05) is 0 Å². The van der Waals surface area contributed by atoms with E-state index in [2.05, 4.69) is 24.0 Å².